The van der Waals surface area contributed by atoms with E-state index in [1.54, 1.807) is 0 Å². The number of hydrogen-bond donors (Lipinski definition) is 3. The van der Waals surface area contributed by atoms with Gasteiger partial charge >= 0.3 is 12.0 Å². The number of amides is 2. The Morgan fingerprint density at radius 2 is 1.95 bits per heavy atom. The Labute approximate surface area is 124 Å². The van der Waals surface area contributed by atoms with E-state index < -0.39 is 27.9 Å². The van der Waals surface area contributed by atoms with E-state index in [4.69, 9.17) is 5.11 Å². The van der Waals surface area contributed by atoms with Gasteiger partial charge in [0.2, 0.25) is 0 Å². The summed E-state index contributed by atoms with van der Waals surface area (Å²) in [6.07, 6.45) is 1.80. The predicted molar refractivity (Wildman–Crippen MR) is 75.6 cm³/mol. The van der Waals surface area contributed by atoms with E-state index in [0.29, 0.717) is 19.4 Å². The summed E-state index contributed by atoms with van der Waals surface area (Å²) >= 11 is 0. The van der Waals surface area contributed by atoms with Gasteiger partial charge < -0.3 is 20.4 Å². The van der Waals surface area contributed by atoms with Crippen LogP contribution < -0.4 is 5.32 Å². The summed E-state index contributed by atoms with van der Waals surface area (Å²) in [5.74, 6) is -1.35. The quantitative estimate of drug-likeness (QED) is 0.568. The fourth-order valence-electron chi connectivity index (χ4n) is 2.17. The maximum atomic E-state index is 11.9. The van der Waals surface area contributed by atoms with Crippen molar-refractivity contribution in [1.29, 1.82) is 0 Å². The molecule has 0 spiro atoms. The van der Waals surface area contributed by atoms with Gasteiger partial charge in [-0.2, -0.15) is 0 Å². The summed E-state index contributed by atoms with van der Waals surface area (Å²) in [4.78, 5) is 24.3. The minimum absolute atomic E-state index is 0.171. The topological polar surface area (TPSA) is 124 Å². The van der Waals surface area contributed by atoms with Crippen molar-refractivity contribution in [3.8, 4) is 0 Å². The van der Waals surface area contributed by atoms with Crippen LogP contribution in [0.1, 0.15) is 19.3 Å². The van der Waals surface area contributed by atoms with E-state index in [-0.39, 0.29) is 24.2 Å². The van der Waals surface area contributed by atoms with Crippen LogP contribution in [0.5, 0.6) is 0 Å². The van der Waals surface area contributed by atoms with E-state index in [9.17, 15) is 23.1 Å². The first-order valence-electron chi connectivity index (χ1n) is 6.68. The lowest BCUT2D eigenvalue weighted by molar-refractivity contribution is -0.139. The van der Waals surface area contributed by atoms with Crippen molar-refractivity contribution in [3.05, 3.63) is 0 Å². The summed E-state index contributed by atoms with van der Waals surface area (Å²) in [5, 5.41) is 20.5. The van der Waals surface area contributed by atoms with E-state index >= 15 is 0 Å². The average molecular weight is 322 g/mol. The summed E-state index contributed by atoms with van der Waals surface area (Å²) in [5.41, 5.74) is 0. The lowest BCUT2D eigenvalue weighted by atomic mass is 9.82. The van der Waals surface area contributed by atoms with Crippen molar-refractivity contribution in [2.45, 2.75) is 31.4 Å². The molecule has 1 saturated carbocycles. The maximum absolute atomic E-state index is 11.9. The molecule has 0 aromatic rings. The van der Waals surface area contributed by atoms with Crippen LogP contribution in [0.2, 0.25) is 0 Å². The molecule has 0 radical (unpaired) electrons. The molecule has 1 aliphatic rings. The predicted octanol–water partition coefficient (Wildman–Crippen LogP) is -0.713. The van der Waals surface area contributed by atoms with Gasteiger partial charge in [0.25, 0.3) is 0 Å². The van der Waals surface area contributed by atoms with Crippen molar-refractivity contribution in [3.63, 3.8) is 0 Å². The first-order valence-corrected chi connectivity index (χ1v) is 8.74. The first kappa shape index (κ1) is 17.7. The number of sulfone groups is 1. The number of aliphatic hydroxyl groups is 1. The van der Waals surface area contributed by atoms with E-state index in [2.05, 4.69) is 5.32 Å². The molecule has 2 amide bonds. The highest BCUT2D eigenvalue weighted by Crippen LogP contribution is 2.27. The second-order valence-corrected chi connectivity index (χ2v) is 7.89. The number of hydrogen-bond acceptors (Lipinski definition) is 5. The lowest BCUT2D eigenvalue weighted by Crippen LogP contribution is -2.49. The first-order chi connectivity index (χ1) is 9.58. The highest BCUT2D eigenvalue weighted by atomic mass is 32.2. The molecule has 0 aromatic carbocycles. The number of nitrogens with zero attached hydrogens (tertiary/aromatic N) is 1. The molecule has 0 saturated heterocycles. The zero-order valence-electron chi connectivity index (χ0n) is 12.2. The fourth-order valence-corrected chi connectivity index (χ4v) is 2.83. The number of aliphatic carboxylic acids is 1. The Kier molecular flexibility index (Phi) is 5.97. The largest absolute Gasteiger partial charge is 0.480 e. The molecular weight excluding hydrogens is 300 g/mol. The number of carboxylic acids is 1. The van der Waals surface area contributed by atoms with Gasteiger partial charge in [-0.1, -0.05) is 0 Å². The molecular formula is C12H22N2O6S. The molecule has 3 N–H and O–H groups in total. The zero-order chi connectivity index (χ0) is 16.2. The molecule has 0 heterocycles. The second-order valence-electron chi connectivity index (χ2n) is 5.63. The standard InChI is InChI=1S/C12H22N2O6S/c1-14(7-8-5-9(15)6-8)12(18)13-10(11(16)17)3-4-21(2,19)20/h8-10,15H,3-7H2,1-2H3,(H,13,18)(H,16,17). The van der Waals surface area contributed by atoms with Crippen LogP contribution in [0.15, 0.2) is 0 Å². The molecule has 8 nitrogen and oxygen atoms in total. The van der Waals surface area contributed by atoms with Gasteiger partial charge in [0.1, 0.15) is 15.9 Å². The highest BCUT2D eigenvalue weighted by molar-refractivity contribution is 7.90. The fraction of sp³-hybridized carbons (Fsp3) is 0.833. The Morgan fingerprint density at radius 3 is 2.38 bits per heavy atom. The Balaban J connectivity index is 2.45. The smallest absolute Gasteiger partial charge is 0.326 e. The minimum atomic E-state index is -3.28. The Bertz CT molecular complexity index is 486. The van der Waals surface area contributed by atoms with Crippen LogP contribution in [0.3, 0.4) is 0 Å². The van der Waals surface area contributed by atoms with Gasteiger partial charge in [0.15, 0.2) is 0 Å². The van der Waals surface area contributed by atoms with Crippen molar-refractivity contribution in [2.75, 3.05) is 25.6 Å². The number of carbonyl (C=O) groups excluding carboxylic acids is 1. The maximum Gasteiger partial charge on any atom is 0.326 e. The van der Waals surface area contributed by atoms with Gasteiger partial charge in [0.05, 0.1) is 11.9 Å². The van der Waals surface area contributed by atoms with Crippen molar-refractivity contribution in [2.24, 2.45) is 5.92 Å². The van der Waals surface area contributed by atoms with Gasteiger partial charge in [0, 0.05) is 19.8 Å². The highest BCUT2D eigenvalue weighted by Gasteiger charge is 2.30. The second kappa shape index (κ2) is 7.08. The number of rotatable bonds is 7. The van der Waals surface area contributed by atoms with Crippen LogP contribution in [0.25, 0.3) is 0 Å². The SMILES string of the molecule is CN(CC1CC(O)C1)C(=O)NC(CCS(C)(=O)=O)C(=O)O. The van der Waals surface area contributed by atoms with E-state index in [0.717, 1.165) is 6.26 Å². The number of aliphatic hydroxyl groups excluding tert-OH is 1. The van der Waals surface area contributed by atoms with Crippen molar-refractivity contribution < 1.29 is 28.2 Å². The molecule has 1 atom stereocenters. The normalized spacial score (nSPS) is 23.0. The monoisotopic (exact) mass is 322 g/mol. The van der Waals surface area contributed by atoms with Crippen LogP contribution in [0, 0.1) is 5.92 Å². The molecule has 0 bridgehead atoms. The van der Waals surface area contributed by atoms with Crippen LogP contribution >= 0.6 is 0 Å². The number of carbonyl (C=O) groups is 2. The average Bonchev–Trinajstić information content (AvgIpc) is 2.30. The Hall–Kier alpha value is -1.35. The summed E-state index contributed by atoms with van der Waals surface area (Å²) in [7, 11) is -1.75. The van der Waals surface area contributed by atoms with Gasteiger partial charge in [-0.05, 0) is 25.2 Å². The summed E-state index contributed by atoms with van der Waals surface area (Å²) < 4.78 is 22.1. The Morgan fingerprint density at radius 1 is 1.38 bits per heavy atom. The van der Waals surface area contributed by atoms with Gasteiger partial charge in [-0.15, -0.1) is 0 Å². The number of urea groups is 1. The molecule has 0 aromatic heterocycles. The third-order valence-electron chi connectivity index (χ3n) is 3.46. The van der Waals surface area contributed by atoms with E-state index in [1.165, 1.54) is 11.9 Å². The summed E-state index contributed by atoms with van der Waals surface area (Å²) in [6.45, 7) is 0.432. The number of carboxylic acid groups (broad SMARTS) is 1. The number of nitrogens with one attached hydrogen (secondary N) is 1. The van der Waals surface area contributed by atoms with Crippen molar-refractivity contribution >= 4 is 21.8 Å². The lowest BCUT2D eigenvalue weighted by Gasteiger charge is -2.34. The zero-order valence-corrected chi connectivity index (χ0v) is 13.0. The minimum Gasteiger partial charge on any atom is -0.480 e. The molecule has 1 unspecified atom stereocenters. The molecule has 9 heteroatoms. The van der Waals surface area contributed by atoms with Crippen molar-refractivity contribution in [1.82, 2.24) is 10.2 Å². The molecule has 1 aliphatic carbocycles. The van der Waals surface area contributed by atoms with Crippen LogP contribution in [-0.2, 0) is 14.6 Å². The van der Waals surface area contributed by atoms with Gasteiger partial charge in [-0.3, -0.25) is 0 Å². The molecule has 122 valence electrons. The molecule has 1 fully saturated rings. The summed E-state index contributed by atoms with van der Waals surface area (Å²) in [6, 6.07) is -1.79. The molecule has 21 heavy (non-hydrogen) atoms. The van der Waals surface area contributed by atoms with Crippen LogP contribution in [-0.4, -0.2) is 73.3 Å². The third kappa shape index (κ3) is 6.30. The molecule has 0 aliphatic heterocycles. The van der Waals surface area contributed by atoms with E-state index in [1.807, 2.05) is 0 Å². The molecule has 1 rings (SSSR count). The van der Waals surface area contributed by atoms with Crippen LogP contribution in [0.4, 0.5) is 4.79 Å². The van der Waals surface area contributed by atoms with Gasteiger partial charge in [-0.25, -0.2) is 18.0 Å². The third-order valence-corrected chi connectivity index (χ3v) is 4.44.